The Morgan fingerprint density at radius 1 is 1.16 bits per heavy atom. The molecular formula is C22H26BrN3O5S. The molecule has 0 aromatic heterocycles. The first-order chi connectivity index (χ1) is 15.3. The highest BCUT2D eigenvalue weighted by Crippen LogP contribution is 2.38. The third kappa shape index (κ3) is 6.46. The van der Waals surface area contributed by atoms with Crippen molar-refractivity contribution in [1.29, 1.82) is 0 Å². The van der Waals surface area contributed by atoms with E-state index in [-0.39, 0.29) is 28.5 Å². The molecule has 1 aliphatic carbocycles. The van der Waals surface area contributed by atoms with Crippen LogP contribution in [0.5, 0.6) is 11.5 Å². The zero-order valence-electron chi connectivity index (χ0n) is 17.9. The number of aryl methyl sites for hydroxylation is 1. The predicted octanol–water partition coefficient (Wildman–Crippen LogP) is 4.50. The maximum absolute atomic E-state index is 12.6. The second kappa shape index (κ2) is 10.8. The van der Waals surface area contributed by atoms with Crippen molar-refractivity contribution < 1.29 is 22.1 Å². The minimum absolute atomic E-state index is 0.0215. The summed E-state index contributed by atoms with van der Waals surface area (Å²) >= 11 is 3.33. The first-order valence-electron chi connectivity index (χ1n) is 10.3. The number of hydrazone groups is 1. The minimum Gasteiger partial charge on any atom is -0.493 e. The molecule has 0 radical (unpaired) electrons. The lowest BCUT2D eigenvalue weighted by molar-refractivity contribution is 0.233. The number of hydrogen-bond acceptors (Lipinski definition) is 6. The standard InChI is InChI=1S/C22H26BrN3O5S/c1-15-8-10-18(11-9-15)32(28,29)31-21-19(23)12-16(13-20(21)30-2)14-24-26-22(27)25-17-6-4-3-5-7-17/h8-14,17H,3-7H2,1-2H3,(H2,25,26,27)/b24-14-. The quantitative estimate of drug-likeness (QED) is 0.315. The van der Waals surface area contributed by atoms with Gasteiger partial charge in [0, 0.05) is 6.04 Å². The van der Waals surface area contributed by atoms with Gasteiger partial charge < -0.3 is 14.2 Å². The van der Waals surface area contributed by atoms with Crippen LogP contribution in [-0.2, 0) is 10.1 Å². The molecule has 0 heterocycles. The van der Waals surface area contributed by atoms with Crippen molar-refractivity contribution in [2.75, 3.05) is 7.11 Å². The van der Waals surface area contributed by atoms with Gasteiger partial charge in [-0.3, -0.25) is 0 Å². The van der Waals surface area contributed by atoms with E-state index in [0.717, 1.165) is 31.2 Å². The fourth-order valence-corrected chi connectivity index (χ4v) is 4.99. The van der Waals surface area contributed by atoms with E-state index in [2.05, 4.69) is 31.8 Å². The number of amides is 2. The molecule has 1 fully saturated rings. The number of hydrogen-bond donors (Lipinski definition) is 2. The summed E-state index contributed by atoms with van der Waals surface area (Å²) in [5.74, 6) is 0.219. The average Bonchev–Trinajstić information content (AvgIpc) is 2.76. The van der Waals surface area contributed by atoms with Crippen molar-refractivity contribution in [3.05, 3.63) is 52.0 Å². The van der Waals surface area contributed by atoms with Crippen LogP contribution < -0.4 is 19.7 Å². The molecule has 10 heteroatoms. The molecule has 2 N–H and O–H groups in total. The van der Waals surface area contributed by atoms with E-state index in [9.17, 15) is 13.2 Å². The van der Waals surface area contributed by atoms with E-state index in [0.29, 0.717) is 10.0 Å². The summed E-state index contributed by atoms with van der Waals surface area (Å²) < 4.78 is 36.3. The summed E-state index contributed by atoms with van der Waals surface area (Å²) in [5.41, 5.74) is 3.96. The Morgan fingerprint density at radius 2 is 1.84 bits per heavy atom. The van der Waals surface area contributed by atoms with Gasteiger partial charge in [0.25, 0.3) is 0 Å². The summed E-state index contributed by atoms with van der Waals surface area (Å²) in [6.07, 6.45) is 6.85. The number of halogens is 1. The van der Waals surface area contributed by atoms with Gasteiger partial charge in [-0.25, -0.2) is 10.2 Å². The van der Waals surface area contributed by atoms with Crippen LogP contribution in [0.25, 0.3) is 0 Å². The van der Waals surface area contributed by atoms with Crippen molar-refractivity contribution in [3.8, 4) is 11.5 Å². The number of carbonyl (C=O) groups excluding carboxylic acids is 1. The highest BCUT2D eigenvalue weighted by atomic mass is 79.9. The molecule has 3 rings (SSSR count). The lowest BCUT2D eigenvalue weighted by Crippen LogP contribution is -2.41. The van der Waals surface area contributed by atoms with Crippen molar-refractivity contribution in [3.63, 3.8) is 0 Å². The highest BCUT2D eigenvalue weighted by Gasteiger charge is 2.22. The van der Waals surface area contributed by atoms with Crippen LogP contribution in [0.2, 0.25) is 0 Å². The molecule has 1 aliphatic rings. The summed E-state index contributed by atoms with van der Waals surface area (Å²) in [4.78, 5) is 12.0. The minimum atomic E-state index is -4.05. The maximum atomic E-state index is 12.6. The van der Waals surface area contributed by atoms with Gasteiger partial charge in [0.05, 0.1) is 17.8 Å². The topological polar surface area (TPSA) is 106 Å². The molecule has 172 valence electrons. The van der Waals surface area contributed by atoms with Gasteiger partial charge in [0.15, 0.2) is 11.5 Å². The van der Waals surface area contributed by atoms with Gasteiger partial charge in [-0.15, -0.1) is 0 Å². The Labute approximate surface area is 196 Å². The third-order valence-electron chi connectivity index (χ3n) is 5.07. The highest BCUT2D eigenvalue weighted by molar-refractivity contribution is 9.10. The molecule has 1 saturated carbocycles. The van der Waals surface area contributed by atoms with Crippen molar-refractivity contribution in [2.24, 2.45) is 5.10 Å². The molecule has 0 atom stereocenters. The smallest absolute Gasteiger partial charge is 0.339 e. The molecule has 2 amide bonds. The van der Waals surface area contributed by atoms with E-state index in [1.165, 1.54) is 31.9 Å². The van der Waals surface area contributed by atoms with Crippen LogP contribution in [0, 0.1) is 6.92 Å². The first kappa shape index (κ1) is 24.1. The molecule has 0 aliphatic heterocycles. The van der Waals surface area contributed by atoms with Crippen LogP contribution in [0.3, 0.4) is 0 Å². The van der Waals surface area contributed by atoms with Gasteiger partial charge in [-0.2, -0.15) is 13.5 Å². The average molecular weight is 524 g/mol. The van der Waals surface area contributed by atoms with Gasteiger partial charge in [0.2, 0.25) is 0 Å². The number of benzene rings is 2. The number of rotatable bonds is 7. The van der Waals surface area contributed by atoms with Crippen LogP contribution in [0.4, 0.5) is 4.79 Å². The van der Waals surface area contributed by atoms with Gasteiger partial charge in [0.1, 0.15) is 4.90 Å². The fraction of sp³-hybridized carbons (Fsp3) is 0.364. The zero-order chi connectivity index (χ0) is 23.1. The number of urea groups is 1. The monoisotopic (exact) mass is 523 g/mol. The zero-order valence-corrected chi connectivity index (χ0v) is 20.3. The lowest BCUT2D eigenvalue weighted by atomic mass is 9.96. The van der Waals surface area contributed by atoms with Crippen molar-refractivity contribution in [2.45, 2.75) is 50.0 Å². The first-order valence-corrected chi connectivity index (χ1v) is 12.5. The fourth-order valence-electron chi connectivity index (χ4n) is 3.39. The van der Waals surface area contributed by atoms with Gasteiger partial charge >= 0.3 is 16.1 Å². The van der Waals surface area contributed by atoms with Crippen LogP contribution in [-0.4, -0.2) is 33.8 Å². The molecule has 0 bridgehead atoms. The molecule has 0 unspecified atom stereocenters. The third-order valence-corrected chi connectivity index (χ3v) is 6.90. The van der Waals surface area contributed by atoms with Gasteiger partial charge in [-0.1, -0.05) is 37.0 Å². The molecule has 8 nitrogen and oxygen atoms in total. The van der Waals surface area contributed by atoms with E-state index >= 15 is 0 Å². The van der Waals surface area contributed by atoms with Crippen LogP contribution in [0.15, 0.2) is 50.9 Å². The Bertz CT molecular complexity index is 1080. The SMILES string of the molecule is COc1cc(/C=N\NC(=O)NC2CCCCC2)cc(Br)c1OS(=O)(=O)c1ccc(C)cc1. The maximum Gasteiger partial charge on any atom is 0.339 e. The summed E-state index contributed by atoms with van der Waals surface area (Å²) in [6, 6.07) is 9.36. The van der Waals surface area contributed by atoms with E-state index in [1.54, 1.807) is 24.3 Å². The largest absolute Gasteiger partial charge is 0.493 e. The molecule has 0 saturated heterocycles. The second-order valence-electron chi connectivity index (χ2n) is 7.56. The predicted molar refractivity (Wildman–Crippen MR) is 126 cm³/mol. The Balaban J connectivity index is 1.69. The number of methoxy groups -OCH3 is 1. The molecule has 2 aromatic rings. The molecule has 0 spiro atoms. The van der Waals surface area contributed by atoms with Crippen LogP contribution in [0.1, 0.15) is 43.2 Å². The Morgan fingerprint density at radius 3 is 2.50 bits per heavy atom. The summed E-state index contributed by atoms with van der Waals surface area (Å²) in [5, 5.41) is 6.87. The summed E-state index contributed by atoms with van der Waals surface area (Å²) in [6.45, 7) is 1.87. The molecule has 2 aromatic carbocycles. The van der Waals surface area contributed by atoms with Gasteiger partial charge in [-0.05, 0) is 65.5 Å². The Kier molecular flexibility index (Phi) is 8.14. The summed E-state index contributed by atoms with van der Waals surface area (Å²) in [7, 11) is -2.64. The van der Waals surface area contributed by atoms with Crippen molar-refractivity contribution >= 4 is 38.3 Å². The number of nitrogens with one attached hydrogen (secondary N) is 2. The second-order valence-corrected chi connectivity index (χ2v) is 9.96. The van der Waals surface area contributed by atoms with Crippen molar-refractivity contribution in [1.82, 2.24) is 10.7 Å². The van der Waals surface area contributed by atoms with E-state index < -0.39 is 10.1 Å². The normalized spacial score (nSPS) is 14.8. The molecule has 32 heavy (non-hydrogen) atoms. The van der Waals surface area contributed by atoms with Crippen LogP contribution >= 0.6 is 15.9 Å². The number of carbonyl (C=O) groups is 1. The number of nitrogens with zero attached hydrogens (tertiary/aromatic N) is 1. The Hall–Kier alpha value is -2.59. The lowest BCUT2D eigenvalue weighted by Gasteiger charge is -2.22. The number of ether oxygens (including phenoxy) is 1. The van der Waals surface area contributed by atoms with E-state index in [1.807, 2.05) is 6.92 Å². The van der Waals surface area contributed by atoms with E-state index in [4.69, 9.17) is 8.92 Å². The molecular weight excluding hydrogens is 498 g/mol.